The van der Waals surface area contributed by atoms with Gasteiger partial charge in [-0.3, -0.25) is 4.79 Å². The van der Waals surface area contributed by atoms with Gasteiger partial charge in [-0.25, -0.2) is 12.7 Å². The van der Waals surface area contributed by atoms with E-state index in [-0.39, 0.29) is 11.2 Å². The van der Waals surface area contributed by atoms with E-state index in [4.69, 9.17) is 4.42 Å². The zero-order valence-corrected chi connectivity index (χ0v) is 14.3. The van der Waals surface area contributed by atoms with Crippen LogP contribution in [0.2, 0.25) is 0 Å². The second kappa shape index (κ2) is 6.65. The summed E-state index contributed by atoms with van der Waals surface area (Å²) in [6, 6.07) is 1.76. The van der Waals surface area contributed by atoms with Gasteiger partial charge >= 0.3 is 0 Å². The Morgan fingerprint density at radius 3 is 2.35 bits per heavy atom. The van der Waals surface area contributed by atoms with Crippen molar-refractivity contribution in [2.45, 2.75) is 44.3 Å². The summed E-state index contributed by atoms with van der Waals surface area (Å²) in [6.45, 7) is 4.07. The first-order valence-electron chi connectivity index (χ1n) is 8.32. The topological polar surface area (TPSA) is 70.8 Å². The molecule has 0 unspecified atom stereocenters. The van der Waals surface area contributed by atoms with Crippen molar-refractivity contribution in [3.05, 3.63) is 23.7 Å². The molecule has 0 radical (unpaired) electrons. The first kappa shape index (κ1) is 16.5. The van der Waals surface area contributed by atoms with E-state index in [9.17, 15) is 13.2 Å². The fourth-order valence-electron chi connectivity index (χ4n) is 3.42. The third-order valence-corrected chi connectivity index (χ3v) is 7.28. The minimum Gasteiger partial charge on any atom is -0.459 e. The van der Waals surface area contributed by atoms with Gasteiger partial charge in [0, 0.05) is 31.7 Å². The molecule has 7 heteroatoms. The maximum Gasteiger partial charge on any atom is 0.289 e. The van der Waals surface area contributed by atoms with Gasteiger partial charge in [-0.15, -0.1) is 0 Å². The van der Waals surface area contributed by atoms with Crippen LogP contribution in [-0.2, 0) is 10.0 Å². The second-order valence-corrected chi connectivity index (χ2v) is 8.64. The average Bonchev–Trinajstić information content (AvgIpc) is 3.01. The molecule has 128 valence electrons. The van der Waals surface area contributed by atoms with E-state index in [0.29, 0.717) is 44.8 Å². The molecule has 3 rings (SSSR count). The standard InChI is InChI=1S/C16H24N2O4S/c1-13-7-12-22-15(13)16(19)17-10-5-14(6-11-17)23(20,21)18-8-3-2-4-9-18/h7,12,14H,2-6,8-11H2,1H3. The number of aryl methyl sites for hydroxylation is 1. The molecular formula is C16H24N2O4S. The molecule has 0 spiro atoms. The van der Waals surface area contributed by atoms with Crippen molar-refractivity contribution in [1.82, 2.24) is 9.21 Å². The van der Waals surface area contributed by atoms with Crippen LogP contribution in [0.15, 0.2) is 16.7 Å². The Kier molecular flexibility index (Phi) is 4.77. The predicted octanol–water partition coefficient (Wildman–Crippen LogP) is 2.01. The number of hydrogen-bond acceptors (Lipinski definition) is 4. The summed E-state index contributed by atoms with van der Waals surface area (Å²) in [5.74, 6) is 0.226. The first-order valence-corrected chi connectivity index (χ1v) is 9.83. The smallest absolute Gasteiger partial charge is 0.289 e. The van der Waals surface area contributed by atoms with Crippen LogP contribution in [0.1, 0.15) is 48.2 Å². The van der Waals surface area contributed by atoms with E-state index in [2.05, 4.69) is 0 Å². The molecular weight excluding hydrogens is 316 g/mol. The molecule has 1 aromatic rings. The fourth-order valence-corrected chi connectivity index (χ4v) is 5.42. The summed E-state index contributed by atoms with van der Waals surface area (Å²) in [5, 5.41) is -0.359. The van der Waals surface area contributed by atoms with Gasteiger partial charge in [-0.05, 0) is 38.7 Å². The molecule has 23 heavy (non-hydrogen) atoms. The van der Waals surface area contributed by atoms with E-state index in [1.165, 1.54) is 6.26 Å². The van der Waals surface area contributed by atoms with Crippen molar-refractivity contribution in [3.63, 3.8) is 0 Å². The van der Waals surface area contributed by atoms with Gasteiger partial charge in [0.25, 0.3) is 5.91 Å². The number of amides is 1. The van der Waals surface area contributed by atoms with Crippen molar-refractivity contribution in [1.29, 1.82) is 0 Å². The van der Waals surface area contributed by atoms with E-state index in [1.54, 1.807) is 15.3 Å². The van der Waals surface area contributed by atoms with Crippen molar-refractivity contribution in [2.75, 3.05) is 26.2 Å². The van der Waals surface area contributed by atoms with Gasteiger partial charge in [-0.1, -0.05) is 6.42 Å². The van der Waals surface area contributed by atoms with E-state index >= 15 is 0 Å². The first-order chi connectivity index (χ1) is 11.0. The summed E-state index contributed by atoms with van der Waals surface area (Å²) in [5.41, 5.74) is 0.818. The lowest BCUT2D eigenvalue weighted by Gasteiger charge is -2.35. The SMILES string of the molecule is Cc1ccoc1C(=O)N1CCC(S(=O)(=O)N2CCCCC2)CC1. The van der Waals surface area contributed by atoms with E-state index < -0.39 is 10.0 Å². The number of rotatable bonds is 3. The molecule has 0 saturated carbocycles. The average molecular weight is 340 g/mol. The highest BCUT2D eigenvalue weighted by molar-refractivity contribution is 7.89. The minimum atomic E-state index is -3.22. The molecule has 2 saturated heterocycles. The summed E-state index contributed by atoms with van der Waals surface area (Å²) in [4.78, 5) is 14.1. The molecule has 0 atom stereocenters. The van der Waals surface area contributed by atoms with Crippen LogP contribution < -0.4 is 0 Å². The van der Waals surface area contributed by atoms with Crippen molar-refractivity contribution < 1.29 is 17.6 Å². The predicted molar refractivity (Wildman–Crippen MR) is 86.7 cm³/mol. The van der Waals surface area contributed by atoms with Crippen molar-refractivity contribution in [3.8, 4) is 0 Å². The van der Waals surface area contributed by atoms with Gasteiger partial charge in [0.2, 0.25) is 10.0 Å². The van der Waals surface area contributed by atoms with Crippen LogP contribution in [-0.4, -0.2) is 55.0 Å². The Morgan fingerprint density at radius 2 is 1.78 bits per heavy atom. The van der Waals surface area contributed by atoms with Crippen LogP contribution in [0, 0.1) is 6.92 Å². The van der Waals surface area contributed by atoms with Crippen LogP contribution in [0.3, 0.4) is 0 Å². The Hall–Kier alpha value is -1.34. The normalized spacial score (nSPS) is 21.5. The summed E-state index contributed by atoms with van der Waals surface area (Å²) in [7, 11) is -3.22. The molecule has 0 bridgehead atoms. The molecule has 0 aliphatic carbocycles. The molecule has 1 amide bonds. The van der Waals surface area contributed by atoms with Gasteiger partial charge in [0.15, 0.2) is 5.76 Å². The largest absolute Gasteiger partial charge is 0.459 e. The van der Waals surface area contributed by atoms with Crippen molar-refractivity contribution >= 4 is 15.9 Å². The minimum absolute atomic E-state index is 0.138. The molecule has 6 nitrogen and oxygen atoms in total. The van der Waals surface area contributed by atoms with Gasteiger partial charge in [-0.2, -0.15) is 0 Å². The number of piperidine rings is 2. The highest BCUT2D eigenvalue weighted by atomic mass is 32.2. The molecule has 0 N–H and O–H groups in total. The Bertz CT molecular complexity index is 653. The number of furan rings is 1. The van der Waals surface area contributed by atoms with Crippen molar-refractivity contribution in [2.24, 2.45) is 0 Å². The fraction of sp³-hybridized carbons (Fsp3) is 0.688. The number of sulfonamides is 1. The summed E-state index contributed by atoms with van der Waals surface area (Å²) in [6.07, 6.45) is 5.54. The summed E-state index contributed by atoms with van der Waals surface area (Å²) < 4.78 is 32.3. The number of hydrogen-bond donors (Lipinski definition) is 0. The molecule has 3 heterocycles. The maximum atomic E-state index is 12.7. The number of carbonyl (C=O) groups excluding carboxylic acids is 1. The molecule has 2 fully saturated rings. The van der Waals surface area contributed by atoms with E-state index in [0.717, 1.165) is 24.8 Å². The highest BCUT2D eigenvalue weighted by Gasteiger charge is 2.36. The zero-order valence-electron chi connectivity index (χ0n) is 13.5. The molecule has 2 aliphatic heterocycles. The lowest BCUT2D eigenvalue weighted by Crippen LogP contribution is -2.48. The zero-order chi connectivity index (χ0) is 16.4. The maximum absolute atomic E-state index is 12.7. The second-order valence-electron chi connectivity index (χ2n) is 6.43. The Labute approximate surface area is 137 Å². The van der Waals surface area contributed by atoms with E-state index in [1.807, 2.05) is 6.92 Å². The number of nitrogens with zero attached hydrogens (tertiary/aromatic N) is 2. The van der Waals surface area contributed by atoms with Gasteiger partial charge < -0.3 is 9.32 Å². The lowest BCUT2D eigenvalue weighted by atomic mass is 10.1. The Balaban J connectivity index is 1.62. The quantitative estimate of drug-likeness (QED) is 0.844. The van der Waals surface area contributed by atoms with Crippen LogP contribution >= 0.6 is 0 Å². The number of likely N-dealkylation sites (tertiary alicyclic amines) is 1. The number of carbonyl (C=O) groups is 1. The highest BCUT2D eigenvalue weighted by Crippen LogP contribution is 2.25. The third-order valence-electron chi connectivity index (χ3n) is 4.88. The van der Waals surface area contributed by atoms with Crippen LogP contribution in [0.5, 0.6) is 0 Å². The van der Waals surface area contributed by atoms with Crippen LogP contribution in [0.25, 0.3) is 0 Å². The molecule has 0 aromatic carbocycles. The molecule has 1 aromatic heterocycles. The Morgan fingerprint density at radius 1 is 1.13 bits per heavy atom. The van der Waals surface area contributed by atoms with Crippen LogP contribution in [0.4, 0.5) is 0 Å². The summed E-state index contributed by atoms with van der Waals surface area (Å²) >= 11 is 0. The monoisotopic (exact) mass is 340 g/mol. The van der Waals surface area contributed by atoms with Gasteiger partial charge in [0.1, 0.15) is 0 Å². The van der Waals surface area contributed by atoms with Gasteiger partial charge in [0.05, 0.1) is 11.5 Å². The third kappa shape index (κ3) is 3.30. The lowest BCUT2D eigenvalue weighted by molar-refractivity contribution is 0.0691. The molecule has 2 aliphatic rings.